The summed E-state index contributed by atoms with van der Waals surface area (Å²) in [6, 6.07) is 0. The van der Waals surface area contributed by atoms with Gasteiger partial charge in [-0.25, -0.2) is 0 Å². The van der Waals surface area contributed by atoms with Crippen LogP contribution in [0.25, 0.3) is 0 Å². The Morgan fingerprint density at radius 1 is 1.00 bits per heavy atom. The van der Waals surface area contributed by atoms with Crippen LogP contribution in [0.15, 0.2) is 24.3 Å². The van der Waals surface area contributed by atoms with E-state index >= 15 is 0 Å². The number of allylic oxidation sites excluding steroid dienone is 4. The van der Waals surface area contributed by atoms with Gasteiger partial charge in [-0.3, -0.25) is 0 Å². The van der Waals surface area contributed by atoms with Crippen LogP contribution in [0.2, 0.25) is 0 Å². The highest BCUT2D eigenvalue weighted by Crippen LogP contribution is 2.16. The predicted octanol–water partition coefficient (Wildman–Crippen LogP) is 2.77. The van der Waals surface area contributed by atoms with Gasteiger partial charge in [0, 0.05) is 0 Å². The Bertz CT molecular complexity index is 115. The summed E-state index contributed by atoms with van der Waals surface area (Å²) in [5.74, 6) is 1.52. The van der Waals surface area contributed by atoms with Gasteiger partial charge in [0.15, 0.2) is 0 Å². The van der Waals surface area contributed by atoms with Crippen molar-refractivity contribution in [2.24, 2.45) is 11.8 Å². The predicted molar refractivity (Wildman–Crippen MR) is 41.2 cm³/mol. The molecular formula is C9H14. The number of hydrogen-bond donors (Lipinski definition) is 0. The first-order chi connectivity index (χ1) is 4.29. The van der Waals surface area contributed by atoms with E-state index in [9.17, 15) is 0 Å². The molecule has 0 amide bonds. The van der Waals surface area contributed by atoms with Crippen molar-refractivity contribution in [1.29, 1.82) is 0 Å². The minimum absolute atomic E-state index is 0.759. The average Bonchev–Trinajstić information content (AvgIpc) is 1.93. The van der Waals surface area contributed by atoms with Crippen molar-refractivity contribution in [2.75, 3.05) is 0 Å². The van der Waals surface area contributed by atoms with Crippen molar-refractivity contribution < 1.29 is 0 Å². The number of rotatable bonds is 0. The summed E-state index contributed by atoms with van der Waals surface area (Å²) in [5.41, 5.74) is 0. The Morgan fingerprint density at radius 2 is 1.44 bits per heavy atom. The van der Waals surface area contributed by atoms with E-state index < -0.39 is 0 Å². The zero-order chi connectivity index (χ0) is 6.69. The van der Waals surface area contributed by atoms with Crippen molar-refractivity contribution in [2.45, 2.75) is 20.3 Å². The van der Waals surface area contributed by atoms with E-state index in [2.05, 4.69) is 38.2 Å². The lowest BCUT2D eigenvalue weighted by Gasteiger charge is -2.06. The van der Waals surface area contributed by atoms with Crippen LogP contribution in [0.1, 0.15) is 20.3 Å². The molecule has 0 heterocycles. The van der Waals surface area contributed by atoms with Gasteiger partial charge in [0.05, 0.1) is 0 Å². The maximum absolute atomic E-state index is 2.26. The fourth-order valence-electron chi connectivity index (χ4n) is 1.25. The van der Waals surface area contributed by atoms with Gasteiger partial charge < -0.3 is 0 Å². The Balaban J connectivity index is 2.54. The van der Waals surface area contributed by atoms with Crippen molar-refractivity contribution in [1.82, 2.24) is 0 Å². The highest BCUT2D eigenvalue weighted by Gasteiger charge is 2.03. The van der Waals surface area contributed by atoms with E-state index in [0.29, 0.717) is 0 Å². The second kappa shape index (κ2) is 2.86. The maximum Gasteiger partial charge on any atom is -0.0253 e. The van der Waals surface area contributed by atoms with Gasteiger partial charge in [0.1, 0.15) is 0 Å². The average molecular weight is 122 g/mol. The second-order valence-corrected chi connectivity index (χ2v) is 2.96. The molecule has 9 heavy (non-hydrogen) atoms. The smallest absolute Gasteiger partial charge is 0.0253 e. The fourth-order valence-corrected chi connectivity index (χ4v) is 1.25. The summed E-state index contributed by atoms with van der Waals surface area (Å²) >= 11 is 0. The maximum atomic E-state index is 2.26. The summed E-state index contributed by atoms with van der Waals surface area (Å²) in [6.07, 6.45) is 10.1. The fraction of sp³-hybridized carbons (Fsp3) is 0.556. The molecule has 1 aliphatic carbocycles. The minimum atomic E-state index is 0.759. The van der Waals surface area contributed by atoms with Gasteiger partial charge in [0.2, 0.25) is 0 Å². The molecule has 0 aromatic heterocycles. The molecule has 50 valence electrons. The van der Waals surface area contributed by atoms with Crippen molar-refractivity contribution in [3.63, 3.8) is 0 Å². The quantitative estimate of drug-likeness (QED) is 0.463. The SMILES string of the molecule is CC1C=CC=CC(C)C1. The molecule has 0 nitrogen and oxygen atoms in total. The Morgan fingerprint density at radius 3 is 1.89 bits per heavy atom. The molecule has 2 unspecified atom stereocenters. The van der Waals surface area contributed by atoms with E-state index in [1.54, 1.807) is 0 Å². The third-order valence-electron chi connectivity index (χ3n) is 1.73. The molecule has 2 atom stereocenters. The van der Waals surface area contributed by atoms with Crippen molar-refractivity contribution >= 4 is 0 Å². The molecular weight excluding hydrogens is 108 g/mol. The summed E-state index contributed by atoms with van der Waals surface area (Å²) < 4.78 is 0. The van der Waals surface area contributed by atoms with Gasteiger partial charge in [-0.1, -0.05) is 38.2 Å². The standard InChI is InChI=1S/C9H14/c1-8-5-3-4-6-9(2)7-8/h3-6,8-9H,7H2,1-2H3. The van der Waals surface area contributed by atoms with E-state index in [1.165, 1.54) is 6.42 Å². The van der Waals surface area contributed by atoms with Crippen molar-refractivity contribution in [3.8, 4) is 0 Å². The first kappa shape index (κ1) is 6.60. The van der Waals surface area contributed by atoms with Crippen LogP contribution >= 0.6 is 0 Å². The van der Waals surface area contributed by atoms with E-state index in [4.69, 9.17) is 0 Å². The van der Waals surface area contributed by atoms with Gasteiger partial charge in [-0.05, 0) is 18.3 Å². The Hall–Kier alpha value is -0.520. The second-order valence-electron chi connectivity index (χ2n) is 2.96. The third-order valence-corrected chi connectivity index (χ3v) is 1.73. The van der Waals surface area contributed by atoms with E-state index in [0.717, 1.165) is 11.8 Å². The lowest BCUT2D eigenvalue weighted by Crippen LogP contribution is -1.95. The lowest BCUT2D eigenvalue weighted by molar-refractivity contribution is 0.548. The molecule has 0 bridgehead atoms. The normalized spacial score (nSPS) is 34.4. The van der Waals surface area contributed by atoms with Gasteiger partial charge in [0.25, 0.3) is 0 Å². The molecule has 1 aliphatic rings. The molecule has 0 aromatic rings. The summed E-state index contributed by atoms with van der Waals surface area (Å²) in [6.45, 7) is 4.53. The molecule has 0 N–H and O–H groups in total. The highest BCUT2D eigenvalue weighted by atomic mass is 14.1. The zero-order valence-corrected chi connectivity index (χ0v) is 6.17. The van der Waals surface area contributed by atoms with Crippen molar-refractivity contribution in [3.05, 3.63) is 24.3 Å². The van der Waals surface area contributed by atoms with Crippen LogP contribution in [0, 0.1) is 11.8 Å². The van der Waals surface area contributed by atoms with Crippen LogP contribution < -0.4 is 0 Å². The van der Waals surface area contributed by atoms with Crippen LogP contribution in [-0.2, 0) is 0 Å². The van der Waals surface area contributed by atoms with Crippen LogP contribution in [0.3, 0.4) is 0 Å². The molecule has 0 saturated heterocycles. The van der Waals surface area contributed by atoms with Crippen LogP contribution in [-0.4, -0.2) is 0 Å². The molecule has 0 aliphatic heterocycles. The van der Waals surface area contributed by atoms with E-state index in [1.807, 2.05) is 0 Å². The first-order valence-electron chi connectivity index (χ1n) is 3.64. The highest BCUT2D eigenvalue weighted by molar-refractivity contribution is 5.08. The first-order valence-corrected chi connectivity index (χ1v) is 3.64. The number of hydrogen-bond acceptors (Lipinski definition) is 0. The van der Waals surface area contributed by atoms with Gasteiger partial charge in [-0.2, -0.15) is 0 Å². The van der Waals surface area contributed by atoms with Crippen LogP contribution in [0.4, 0.5) is 0 Å². The summed E-state index contributed by atoms with van der Waals surface area (Å²) in [4.78, 5) is 0. The molecule has 0 saturated carbocycles. The minimum Gasteiger partial charge on any atom is -0.0817 e. The summed E-state index contributed by atoms with van der Waals surface area (Å²) in [7, 11) is 0. The lowest BCUT2D eigenvalue weighted by atomic mass is 9.99. The van der Waals surface area contributed by atoms with Crippen LogP contribution in [0.5, 0.6) is 0 Å². The van der Waals surface area contributed by atoms with E-state index in [-0.39, 0.29) is 0 Å². The molecule has 0 spiro atoms. The molecule has 0 radical (unpaired) electrons. The Kier molecular flexibility index (Phi) is 2.10. The van der Waals surface area contributed by atoms with Gasteiger partial charge >= 0.3 is 0 Å². The zero-order valence-electron chi connectivity index (χ0n) is 6.17. The molecule has 0 aromatic carbocycles. The van der Waals surface area contributed by atoms with Gasteiger partial charge in [-0.15, -0.1) is 0 Å². The summed E-state index contributed by atoms with van der Waals surface area (Å²) in [5, 5.41) is 0. The largest absolute Gasteiger partial charge is 0.0817 e. The monoisotopic (exact) mass is 122 g/mol. The topological polar surface area (TPSA) is 0 Å². The third kappa shape index (κ3) is 2.05. The molecule has 1 rings (SSSR count). The molecule has 0 heteroatoms. The Labute approximate surface area is 57.3 Å². The molecule has 0 fully saturated rings.